The van der Waals surface area contributed by atoms with Gasteiger partial charge in [0.1, 0.15) is 5.69 Å². The minimum atomic E-state index is -3.77. The minimum Gasteiger partial charge on any atom is -0.396 e. The van der Waals surface area contributed by atoms with Crippen LogP contribution in [0.3, 0.4) is 0 Å². The summed E-state index contributed by atoms with van der Waals surface area (Å²) in [6, 6.07) is 1.48. The van der Waals surface area contributed by atoms with Crippen LogP contribution < -0.4 is 10.5 Å². The summed E-state index contributed by atoms with van der Waals surface area (Å²) in [6.07, 6.45) is 2.81. The van der Waals surface area contributed by atoms with Gasteiger partial charge in [0.2, 0.25) is 0 Å². The van der Waals surface area contributed by atoms with Crippen LogP contribution in [-0.4, -0.2) is 18.6 Å². The fourth-order valence-electron chi connectivity index (χ4n) is 1.55. The average molecular weight is 268 g/mol. The molecule has 0 saturated heterocycles. The Labute approximate surface area is 104 Å². The van der Waals surface area contributed by atoms with E-state index in [-0.39, 0.29) is 22.0 Å². The first kappa shape index (κ1) is 12.4. The van der Waals surface area contributed by atoms with E-state index >= 15 is 0 Å². The van der Waals surface area contributed by atoms with Gasteiger partial charge in [-0.25, -0.2) is 8.42 Å². The zero-order chi connectivity index (χ0) is 13.3. The summed E-state index contributed by atoms with van der Waals surface area (Å²) in [7, 11) is -3.77. The monoisotopic (exact) mass is 268 g/mol. The van der Waals surface area contributed by atoms with Gasteiger partial charge in [0.25, 0.3) is 10.0 Å². The third-order valence-electron chi connectivity index (χ3n) is 2.33. The summed E-state index contributed by atoms with van der Waals surface area (Å²) in [6.45, 7) is 3.09. The highest BCUT2D eigenvalue weighted by Crippen LogP contribution is 2.24. The lowest BCUT2D eigenvalue weighted by Gasteiger charge is -2.08. The Hall–Kier alpha value is -2.09. The Morgan fingerprint density at radius 1 is 1.39 bits per heavy atom. The van der Waals surface area contributed by atoms with Crippen LogP contribution in [0.1, 0.15) is 11.5 Å². The summed E-state index contributed by atoms with van der Waals surface area (Å²) in [4.78, 5) is 3.81. The van der Waals surface area contributed by atoms with E-state index in [1.807, 2.05) is 0 Å². The molecule has 0 aliphatic carbocycles. The van der Waals surface area contributed by atoms with Gasteiger partial charge in [-0.2, -0.15) is 0 Å². The Morgan fingerprint density at radius 3 is 2.67 bits per heavy atom. The zero-order valence-corrected chi connectivity index (χ0v) is 10.7. The van der Waals surface area contributed by atoms with Crippen molar-refractivity contribution in [3.8, 4) is 0 Å². The number of nitrogens with zero attached hydrogens (tertiary/aromatic N) is 2. The molecule has 0 fully saturated rings. The Morgan fingerprint density at radius 2 is 2.11 bits per heavy atom. The first-order chi connectivity index (χ1) is 8.42. The zero-order valence-electron chi connectivity index (χ0n) is 9.84. The molecule has 0 bridgehead atoms. The van der Waals surface area contributed by atoms with E-state index in [0.29, 0.717) is 5.69 Å². The predicted molar refractivity (Wildman–Crippen MR) is 65.4 cm³/mol. The van der Waals surface area contributed by atoms with Crippen LogP contribution >= 0.6 is 0 Å². The van der Waals surface area contributed by atoms with Gasteiger partial charge in [0, 0.05) is 6.20 Å². The van der Waals surface area contributed by atoms with Crippen LogP contribution in [-0.2, 0) is 10.0 Å². The van der Waals surface area contributed by atoms with Gasteiger partial charge in [-0.15, -0.1) is 0 Å². The van der Waals surface area contributed by atoms with E-state index in [0.717, 1.165) is 0 Å². The van der Waals surface area contributed by atoms with Crippen molar-refractivity contribution in [1.82, 2.24) is 10.1 Å². The summed E-state index contributed by atoms with van der Waals surface area (Å²) in [5.41, 5.74) is 6.44. The lowest BCUT2D eigenvalue weighted by molar-refractivity contribution is 0.390. The highest BCUT2D eigenvalue weighted by atomic mass is 32.2. The number of aryl methyl sites for hydroxylation is 2. The number of pyridine rings is 1. The molecular weight excluding hydrogens is 256 g/mol. The second kappa shape index (κ2) is 4.30. The maximum atomic E-state index is 12.2. The molecule has 7 nitrogen and oxygen atoms in total. The summed E-state index contributed by atoms with van der Waals surface area (Å²) in [5.74, 6) is 0.229. The van der Waals surface area contributed by atoms with Gasteiger partial charge in [-0.1, -0.05) is 5.16 Å². The molecule has 0 unspecified atom stereocenters. The van der Waals surface area contributed by atoms with Gasteiger partial charge in [0.05, 0.1) is 17.6 Å². The van der Waals surface area contributed by atoms with Gasteiger partial charge >= 0.3 is 0 Å². The van der Waals surface area contributed by atoms with Crippen LogP contribution in [0.2, 0.25) is 0 Å². The van der Waals surface area contributed by atoms with Gasteiger partial charge in [0.15, 0.2) is 10.7 Å². The normalized spacial score (nSPS) is 11.4. The van der Waals surface area contributed by atoms with E-state index in [1.54, 1.807) is 6.92 Å². The second-order valence-corrected chi connectivity index (χ2v) is 5.34. The molecule has 96 valence electrons. The minimum absolute atomic E-state index is 0.0266. The lowest BCUT2D eigenvalue weighted by Crippen LogP contribution is -2.15. The molecule has 0 spiro atoms. The van der Waals surface area contributed by atoms with Crippen molar-refractivity contribution in [3.63, 3.8) is 0 Å². The van der Waals surface area contributed by atoms with Gasteiger partial charge in [-0.3, -0.25) is 9.71 Å². The van der Waals surface area contributed by atoms with Crippen LogP contribution in [0.5, 0.6) is 0 Å². The van der Waals surface area contributed by atoms with Crippen molar-refractivity contribution in [2.75, 3.05) is 10.5 Å². The number of hydrogen-bond donors (Lipinski definition) is 2. The molecule has 0 aliphatic rings. The van der Waals surface area contributed by atoms with E-state index in [9.17, 15) is 8.42 Å². The van der Waals surface area contributed by atoms with Crippen molar-refractivity contribution < 1.29 is 12.9 Å². The summed E-state index contributed by atoms with van der Waals surface area (Å²) >= 11 is 0. The maximum Gasteiger partial charge on any atom is 0.267 e. The standard InChI is InChI=1S/C10H12N4O3S/c1-6-10(7(2)17-13-6)18(15,16)14-9-3-4-12-5-8(9)11/h3-5H,11H2,1-2H3,(H,12,14). The number of sulfonamides is 1. The van der Waals surface area contributed by atoms with Crippen molar-refractivity contribution in [3.05, 3.63) is 29.9 Å². The number of nitrogens with two attached hydrogens (primary N) is 1. The molecule has 0 saturated carbocycles. The maximum absolute atomic E-state index is 12.2. The Bertz CT molecular complexity index is 659. The number of hydrogen-bond acceptors (Lipinski definition) is 6. The SMILES string of the molecule is Cc1noc(C)c1S(=O)(=O)Nc1ccncc1N. The molecule has 0 aromatic carbocycles. The molecule has 0 radical (unpaired) electrons. The number of nitrogens with one attached hydrogen (secondary N) is 1. The molecular formula is C10H12N4O3S. The van der Waals surface area contributed by atoms with E-state index < -0.39 is 10.0 Å². The van der Waals surface area contributed by atoms with Crippen LogP contribution in [0.15, 0.2) is 27.9 Å². The highest BCUT2D eigenvalue weighted by molar-refractivity contribution is 7.92. The molecule has 8 heteroatoms. The third kappa shape index (κ3) is 2.14. The average Bonchev–Trinajstić information content (AvgIpc) is 2.62. The molecule has 2 aromatic rings. The van der Waals surface area contributed by atoms with Crippen molar-refractivity contribution >= 4 is 21.4 Å². The number of aromatic nitrogens is 2. The number of nitrogen functional groups attached to an aromatic ring is 1. The second-order valence-electron chi connectivity index (χ2n) is 3.72. The molecule has 2 aromatic heterocycles. The number of rotatable bonds is 3. The van der Waals surface area contributed by atoms with E-state index in [1.165, 1.54) is 25.4 Å². The first-order valence-corrected chi connectivity index (χ1v) is 6.55. The summed E-state index contributed by atoms with van der Waals surface area (Å²) in [5, 5.41) is 3.61. The molecule has 0 aliphatic heterocycles. The van der Waals surface area contributed by atoms with Crippen LogP contribution in [0.25, 0.3) is 0 Å². The van der Waals surface area contributed by atoms with Crippen molar-refractivity contribution in [1.29, 1.82) is 0 Å². The number of anilines is 2. The van der Waals surface area contributed by atoms with Crippen molar-refractivity contribution in [2.45, 2.75) is 18.7 Å². The molecule has 18 heavy (non-hydrogen) atoms. The Kier molecular flexibility index (Phi) is 2.95. The largest absolute Gasteiger partial charge is 0.396 e. The first-order valence-electron chi connectivity index (χ1n) is 5.07. The van der Waals surface area contributed by atoms with Crippen LogP contribution in [0.4, 0.5) is 11.4 Å². The highest BCUT2D eigenvalue weighted by Gasteiger charge is 2.24. The van der Waals surface area contributed by atoms with E-state index in [2.05, 4.69) is 14.9 Å². The molecule has 2 rings (SSSR count). The molecule has 0 atom stereocenters. The smallest absolute Gasteiger partial charge is 0.267 e. The molecule has 2 heterocycles. The predicted octanol–water partition coefficient (Wildman–Crippen LogP) is 1.07. The fourth-order valence-corrected chi connectivity index (χ4v) is 2.97. The summed E-state index contributed by atoms with van der Waals surface area (Å²) < 4.78 is 31.6. The third-order valence-corrected chi connectivity index (χ3v) is 3.94. The van der Waals surface area contributed by atoms with Crippen LogP contribution in [0, 0.1) is 13.8 Å². The molecule has 0 amide bonds. The quantitative estimate of drug-likeness (QED) is 0.861. The van der Waals surface area contributed by atoms with Gasteiger partial charge < -0.3 is 10.3 Å². The van der Waals surface area contributed by atoms with E-state index in [4.69, 9.17) is 10.3 Å². The lowest BCUT2D eigenvalue weighted by atomic mass is 10.4. The van der Waals surface area contributed by atoms with Crippen molar-refractivity contribution in [2.24, 2.45) is 0 Å². The molecule has 3 N–H and O–H groups in total. The Balaban J connectivity index is 2.43. The topological polar surface area (TPSA) is 111 Å². The fraction of sp³-hybridized carbons (Fsp3) is 0.200. The van der Waals surface area contributed by atoms with Gasteiger partial charge in [-0.05, 0) is 19.9 Å².